The molecule has 1 aliphatic carbocycles. The molecule has 0 aliphatic heterocycles. The van der Waals surface area contributed by atoms with Crippen LogP contribution >= 0.6 is 23.4 Å². The minimum absolute atomic E-state index is 0.206. The van der Waals surface area contributed by atoms with Gasteiger partial charge in [0.05, 0.1) is 0 Å². The molecule has 1 nitrogen and oxygen atoms in total. The van der Waals surface area contributed by atoms with E-state index in [0.29, 0.717) is 5.78 Å². The molecule has 1 aromatic carbocycles. The van der Waals surface area contributed by atoms with Crippen molar-refractivity contribution in [1.82, 2.24) is 0 Å². The van der Waals surface area contributed by atoms with E-state index in [1.54, 1.807) is 11.8 Å². The van der Waals surface area contributed by atoms with Crippen LogP contribution in [0.5, 0.6) is 0 Å². The number of carbonyl (C=O) groups excluding carboxylic acids is 1. The maximum atomic E-state index is 12.9. The number of Topliss-reactive ketones (excluding diaryl/α,β-unsaturated/α-hetero) is 1. The molecule has 1 aliphatic rings. The van der Waals surface area contributed by atoms with Gasteiger partial charge < -0.3 is 0 Å². The summed E-state index contributed by atoms with van der Waals surface area (Å²) in [4.78, 5) is 15.4. The molecule has 24 heavy (non-hydrogen) atoms. The fourth-order valence-electron chi connectivity index (χ4n) is 3.23. The van der Waals surface area contributed by atoms with Crippen molar-refractivity contribution < 1.29 is 4.79 Å². The number of thioether (sulfide) groups is 1. The second-order valence-electron chi connectivity index (χ2n) is 7.33. The first-order valence-electron chi connectivity index (χ1n) is 9.14. The fourth-order valence-corrected chi connectivity index (χ4v) is 4.48. The van der Waals surface area contributed by atoms with Crippen LogP contribution in [-0.4, -0.2) is 5.78 Å². The Hall–Kier alpha value is -0.730. The van der Waals surface area contributed by atoms with Crippen molar-refractivity contribution in [3.63, 3.8) is 0 Å². The van der Waals surface area contributed by atoms with E-state index in [1.165, 1.54) is 35.5 Å². The first-order chi connectivity index (χ1) is 11.4. The molecule has 2 rings (SSSR count). The van der Waals surface area contributed by atoms with Gasteiger partial charge in [-0.3, -0.25) is 4.79 Å². The molecule has 1 saturated carbocycles. The van der Waals surface area contributed by atoms with E-state index in [9.17, 15) is 4.79 Å². The summed E-state index contributed by atoms with van der Waals surface area (Å²) in [6, 6.07) is 7.96. The Balaban J connectivity index is 2.22. The first-order valence-corrected chi connectivity index (χ1v) is 10.3. The van der Waals surface area contributed by atoms with Crippen molar-refractivity contribution in [1.29, 1.82) is 0 Å². The molecule has 0 N–H and O–H groups in total. The Morgan fingerprint density at radius 2 is 1.88 bits per heavy atom. The molecule has 0 heterocycles. The summed E-state index contributed by atoms with van der Waals surface area (Å²) in [5.41, 5.74) is 0.880. The van der Waals surface area contributed by atoms with Crippen LogP contribution in [0.15, 0.2) is 39.6 Å². The summed E-state index contributed by atoms with van der Waals surface area (Å²) < 4.78 is 0. The van der Waals surface area contributed by atoms with Gasteiger partial charge in [-0.1, -0.05) is 63.4 Å². The number of benzene rings is 1. The van der Waals surface area contributed by atoms with Crippen LogP contribution in [0.2, 0.25) is 5.02 Å². The van der Waals surface area contributed by atoms with Gasteiger partial charge in [0, 0.05) is 20.9 Å². The second kappa shape index (κ2) is 9.10. The van der Waals surface area contributed by atoms with Crippen molar-refractivity contribution in [3.8, 4) is 0 Å². The lowest BCUT2D eigenvalue weighted by molar-refractivity contribution is -0.124. The third kappa shape index (κ3) is 5.39. The normalized spacial score (nSPS) is 19.4. The molecule has 0 spiro atoms. The average molecular weight is 365 g/mol. The van der Waals surface area contributed by atoms with Crippen LogP contribution in [-0.2, 0) is 4.79 Å². The highest BCUT2D eigenvalue weighted by atomic mass is 35.5. The standard InChI is InChI=1S/C21H29ClOS/c1-4-5-6-7-10-19(24-17-13-11-16(22)12-14-17)18-9-8-15-21(2,3)20(18)23/h11-14H,4-10,15H2,1-3H3. The zero-order chi connectivity index (χ0) is 17.6. The van der Waals surface area contributed by atoms with Gasteiger partial charge in [-0.2, -0.15) is 0 Å². The minimum Gasteiger partial charge on any atom is -0.294 e. The first kappa shape index (κ1) is 19.6. The smallest absolute Gasteiger partial charge is 0.165 e. The monoisotopic (exact) mass is 364 g/mol. The van der Waals surface area contributed by atoms with Gasteiger partial charge >= 0.3 is 0 Å². The third-order valence-corrected chi connectivity index (χ3v) is 6.22. The van der Waals surface area contributed by atoms with Crippen molar-refractivity contribution in [2.45, 2.75) is 77.0 Å². The van der Waals surface area contributed by atoms with Gasteiger partial charge in [-0.25, -0.2) is 0 Å². The molecule has 1 aromatic rings. The number of hydrogen-bond acceptors (Lipinski definition) is 2. The number of hydrogen-bond donors (Lipinski definition) is 0. The molecule has 3 heteroatoms. The van der Waals surface area contributed by atoms with Crippen LogP contribution in [0, 0.1) is 5.41 Å². The third-order valence-electron chi connectivity index (χ3n) is 4.77. The molecule has 1 fully saturated rings. The Labute approximate surface area is 156 Å². The van der Waals surface area contributed by atoms with Gasteiger partial charge in [-0.15, -0.1) is 0 Å². The highest BCUT2D eigenvalue weighted by Crippen LogP contribution is 2.42. The number of carbonyl (C=O) groups is 1. The number of unbranched alkanes of at least 4 members (excludes halogenated alkanes) is 3. The van der Waals surface area contributed by atoms with Crippen molar-refractivity contribution >= 4 is 29.1 Å². The molecule has 132 valence electrons. The fraction of sp³-hybridized carbons (Fsp3) is 0.571. The van der Waals surface area contributed by atoms with E-state index >= 15 is 0 Å². The molecule has 0 saturated heterocycles. The van der Waals surface area contributed by atoms with E-state index in [4.69, 9.17) is 11.6 Å². The molecule has 0 radical (unpaired) electrons. The maximum Gasteiger partial charge on any atom is 0.165 e. The summed E-state index contributed by atoms with van der Waals surface area (Å²) in [5.74, 6) is 0.362. The summed E-state index contributed by atoms with van der Waals surface area (Å²) >= 11 is 7.77. The molecule has 0 atom stereocenters. The number of allylic oxidation sites excluding steroid dienone is 2. The maximum absolute atomic E-state index is 12.9. The van der Waals surface area contributed by atoms with E-state index in [1.807, 2.05) is 12.1 Å². The molecular weight excluding hydrogens is 336 g/mol. The van der Waals surface area contributed by atoms with Gasteiger partial charge in [0.1, 0.15) is 0 Å². The summed E-state index contributed by atoms with van der Waals surface area (Å²) in [5, 5.41) is 0.756. The summed E-state index contributed by atoms with van der Waals surface area (Å²) in [7, 11) is 0. The quantitative estimate of drug-likeness (QED) is 0.284. The Kier molecular flexibility index (Phi) is 7.43. The number of halogens is 1. The zero-order valence-corrected chi connectivity index (χ0v) is 16.7. The Morgan fingerprint density at radius 3 is 2.54 bits per heavy atom. The largest absolute Gasteiger partial charge is 0.294 e. The lowest BCUT2D eigenvalue weighted by atomic mass is 9.73. The van der Waals surface area contributed by atoms with Crippen molar-refractivity contribution in [2.24, 2.45) is 5.41 Å². The summed E-state index contributed by atoms with van der Waals surface area (Å²) in [6.07, 6.45) is 9.00. The molecule has 0 amide bonds. The predicted molar refractivity (Wildman–Crippen MR) is 106 cm³/mol. The van der Waals surface area contributed by atoms with Crippen LogP contribution < -0.4 is 0 Å². The van der Waals surface area contributed by atoms with E-state index in [0.717, 1.165) is 36.3 Å². The minimum atomic E-state index is -0.206. The van der Waals surface area contributed by atoms with Crippen LogP contribution in [0.25, 0.3) is 0 Å². The zero-order valence-electron chi connectivity index (χ0n) is 15.2. The predicted octanol–water partition coefficient (Wildman–Crippen LogP) is 7.44. The van der Waals surface area contributed by atoms with Gasteiger partial charge in [0.15, 0.2) is 5.78 Å². The van der Waals surface area contributed by atoms with Crippen LogP contribution in [0.3, 0.4) is 0 Å². The molecule has 0 unspecified atom stereocenters. The van der Waals surface area contributed by atoms with E-state index in [-0.39, 0.29) is 5.41 Å². The van der Waals surface area contributed by atoms with Crippen LogP contribution in [0.4, 0.5) is 0 Å². The number of ketones is 1. The average Bonchev–Trinajstić information content (AvgIpc) is 2.55. The lowest BCUT2D eigenvalue weighted by Crippen LogP contribution is -2.30. The molecule has 0 aromatic heterocycles. The second-order valence-corrected chi connectivity index (χ2v) is 8.94. The SMILES string of the molecule is CCCCCCC(Sc1ccc(Cl)cc1)=C1CCCC(C)(C)C1=O. The summed E-state index contributed by atoms with van der Waals surface area (Å²) in [6.45, 7) is 6.42. The topological polar surface area (TPSA) is 17.1 Å². The Morgan fingerprint density at radius 1 is 1.17 bits per heavy atom. The van der Waals surface area contributed by atoms with Crippen molar-refractivity contribution in [2.75, 3.05) is 0 Å². The highest BCUT2D eigenvalue weighted by molar-refractivity contribution is 8.03. The van der Waals surface area contributed by atoms with Gasteiger partial charge in [0.25, 0.3) is 0 Å². The molecular formula is C21H29ClOS. The Bertz CT molecular complexity index is 586. The van der Waals surface area contributed by atoms with Crippen LogP contribution in [0.1, 0.15) is 72.1 Å². The van der Waals surface area contributed by atoms with E-state index < -0.39 is 0 Å². The molecule has 0 bridgehead atoms. The number of rotatable bonds is 7. The van der Waals surface area contributed by atoms with Gasteiger partial charge in [0.2, 0.25) is 0 Å². The van der Waals surface area contributed by atoms with E-state index in [2.05, 4.69) is 32.9 Å². The van der Waals surface area contributed by atoms with Crippen molar-refractivity contribution in [3.05, 3.63) is 39.8 Å². The lowest BCUT2D eigenvalue weighted by Gasteiger charge is -2.31. The highest BCUT2D eigenvalue weighted by Gasteiger charge is 2.35. The van der Waals surface area contributed by atoms with Gasteiger partial charge in [-0.05, 0) is 61.3 Å².